The molecule has 1 aliphatic heterocycles. The van der Waals surface area contributed by atoms with Crippen LogP contribution in [-0.4, -0.2) is 19.3 Å². The largest absolute Gasteiger partial charge is 0.343 e. The van der Waals surface area contributed by atoms with Gasteiger partial charge in [0.25, 0.3) is 0 Å². The fourth-order valence-corrected chi connectivity index (χ4v) is 1.68. The van der Waals surface area contributed by atoms with Crippen molar-refractivity contribution in [1.82, 2.24) is 0 Å². The Morgan fingerprint density at radius 1 is 1.44 bits per heavy atom. The maximum absolute atomic E-state index is 13.1. The van der Waals surface area contributed by atoms with Gasteiger partial charge in [-0.05, 0) is 19.1 Å². The highest BCUT2D eigenvalue weighted by Crippen LogP contribution is 2.33. The summed E-state index contributed by atoms with van der Waals surface area (Å²) in [6.07, 6.45) is -0.210. The van der Waals surface area contributed by atoms with Crippen molar-refractivity contribution in [2.24, 2.45) is 5.73 Å². The van der Waals surface area contributed by atoms with Gasteiger partial charge < -0.3 is 15.2 Å². The molecule has 0 aromatic heterocycles. The molecule has 2 atom stereocenters. The van der Waals surface area contributed by atoms with Crippen LogP contribution in [0, 0.1) is 11.6 Å². The van der Waals surface area contributed by atoms with E-state index in [1.54, 1.807) is 6.92 Å². The first-order valence-corrected chi connectivity index (χ1v) is 5.02. The summed E-state index contributed by atoms with van der Waals surface area (Å²) < 4.78 is 36.8. The van der Waals surface area contributed by atoms with Crippen LogP contribution in [0.1, 0.15) is 12.5 Å². The summed E-state index contributed by atoms with van der Waals surface area (Å²) in [6, 6.07) is 3.57. The van der Waals surface area contributed by atoms with Crippen molar-refractivity contribution in [1.29, 1.82) is 0 Å². The average molecular weight is 229 g/mol. The van der Waals surface area contributed by atoms with Crippen molar-refractivity contribution < 1.29 is 18.3 Å². The molecular weight excluding hydrogens is 216 g/mol. The van der Waals surface area contributed by atoms with Crippen LogP contribution in [0.2, 0.25) is 0 Å². The highest BCUT2D eigenvalue weighted by atomic mass is 19.2. The van der Waals surface area contributed by atoms with E-state index >= 15 is 0 Å². The van der Waals surface area contributed by atoms with Gasteiger partial charge in [0, 0.05) is 12.1 Å². The van der Waals surface area contributed by atoms with Gasteiger partial charge in [0.2, 0.25) is 0 Å². The molecule has 2 unspecified atom stereocenters. The van der Waals surface area contributed by atoms with E-state index in [2.05, 4.69) is 0 Å². The van der Waals surface area contributed by atoms with Crippen molar-refractivity contribution >= 4 is 0 Å². The van der Waals surface area contributed by atoms with Gasteiger partial charge in [-0.2, -0.15) is 0 Å². The smallest absolute Gasteiger partial charge is 0.192 e. The molecule has 1 aromatic rings. The van der Waals surface area contributed by atoms with E-state index in [0.29, 0.717) is 18.7 Å². The van der Waals surface area contributed by atoms with Crippen LogP contribution in [0.15, 0.2) is 18.2 Å². The first-order valence-electron chi connectivity index (χ1n) is 5.02. The molecule has 0 spiro atoms. The lowest BCUT2D eigenvalue weighted by Gasteiger charge is -2.23. The molecule has 1 aromatic carbocycles. The Bertz CT molecular complexity index is 400. The Labute approximate surface area is 92.1 Å². The fourth-order valence-electron chi connectivity index (χ4n) is 1.68. The Kier molecular flexibility index (Phi) is 2.92. The summed E-state index contributed by atoms with van der Waals surface area (Å²) in [5.74, 6) is -2.85. The van der Waals surface area contributed by atoms with Gasteiger partial charge in [-0.3, -0.25) is 0 Å². The standard InChI is InChI=1S/C11H13F2NO2/c1-11(15-6-8(5-14)16-11)7-2-3-9(12)10(13)4-7/h2-4,8H,5-6,14H2,1H3. The molecule has 2 N–H and O–H groups in total. The lowest BCUT2D eigenvalue weighted by Crippen LogP contribution is -2.27. The average Bonchev–Trinajstić information content (AvgIpc) is 2.66. The second-order valence-electron chi connectivity index (χ2n) is 3.86. The summed E-state index contributed by atoms with van der Waals surface area (Å²) in [6.45, 7) is 2.35. The molecule has 88 valence electrons. The second kappa shape index (κ2) is 4.08. The molecule has 0 saturated carbocycles. The van der Waals surface area contributed by atoms with Gasteiger partial charge in [-0.25, -0.2) is 8.78 Å². The van der Waals surface area contributed by atoms with Crippen molar-refractivity contribution in [2.45, 2.75) is 18.8 Å². The molecule has 16 heavy (non-hydrogen) atoms. The SMILES string of the molecule is CC1(c2ccc(F)c(F)c2)OCC(CN)O1. The van der Waals surface area contributed by atoms with Gasteiger partial charge in [-0.1, -0.05) is 6.07 Å². The maximum atomic E-state index is 13.1. The predicted molar refractivity (Wildman–Crippen MR) is 53.6 cm³/mol. The van der Waals surface area contributed by atoms with Gasteiger partial charge in [0.05, 0.1) is 12.7 Å². The zero-order valence-corrected chi connectivity index (χ0v) is 8.87. The lowest BCUT2D eigenvalue weighted by atomic mass is 10.1. The quantitative estimate of drug-likeness (QED) is 0.836. The van der Waals surface area contributed by atoms with Crippen LogP contribution in [-0.2, 0) is 15.3 Å². The highest BCUT2D eigenvalue weighted by Gasteiger charge is 2.38. The van der Waals surface area contributed by atoms with Gasteiger partial charge in [0.15, 0.2) is 17.4 Å². The number of halogens is 2. The number of ether oxygens (including phenoxy) is 2. The van der Waals surface area contributed by atoms with Crippen LogP contribution in [0.25, 0.3) is 0 Å². The zero-order chi connectivity index (χ0) is 11.8. The van der Waals surface area contributed by atoms with E-state index in [4.69, 9.17) is 15.2 Å². The van der Waals surface area contributed by atoms with Crippen molar-refractivity contribution in [3.05, 3.63) is 35.4 Å². The van der Waals surface area contributed by atoms with Crippen molar-refractivity contribution in [3.8, 4) is 0 Å². The Morgan fingerprint density at radius 2 is 2.19 bits per heavy atom. The molecule has 0 bridgehead atoms. The molecule has 1 heterocycles. The van der Waals surface area contributed by atoms with E-state index in [0.717, 1.165) is 12.1 Å². The predicted octanol–water partition coefficient (Wildman–Crippen LogP) is 1.51. The van der Waals surface area contributed by atoms with Crippen LogP contribution in [0.3, 0.4) is 0 Å². The Balaban J connectivity index is 2.27. The normalized spacial score (nSPS) is 29.6. The molecule has 1 saturated heterocycles. The molecule has 0 radical (unpaired) electrons. The molecule has 5 heteroatoms. The summed E-state index contributed by atoms with van der Waals surface area (Å²) in [5.41, 5.74) is 5.89. The Morgan fingerprint density at radius 3 is 2.75 bits per heavy atom. The fraction of sp³-hybridized carbons (Fsp3) is 0.455. The molecule has 1 fully saturated rings. The van der Waals surface area contributed by atoms with E-state index in [-0.39, 0.29) is 6.10 Å². The number of nitrogens with two attached hydrogens (primary N) is 1. The van der Waals surface area contributed by atoms with E-state index < -0.39 is 17.4 Å². The zero-order valence-electron chi connectivity index (χ0n) is 8.87. The number of hydrogen-bond donors (Lipinski definition) is 1. The third kappa shape index (κ3) is 1.93. The minimum atomic E-state index is -1.04. The van der Waals surface area contributed by atoms with Crippen LogP contribution in [0.5, 0.6) is 0 Å². The second-order valence-corrected chi connectivity index (χ2v) is 3.86. The summed E-state index contributed by atoms with van der Waals surface area (Å²) in [4.78, 5) is 0. The number of hydrogen-bond acceptors (Lipinski definition) is 3. The topological polar surface area (TPSA) is 44.5 Å². The maximum Gasteiger partial charge on any atom is 0.192 e. The molecule has 0 aliphatic carbocycles. The van der Waals surface area contributed by atoms with Crippen molar-refractivity contribution in [2.75, 3.05) is 13.2 Å². The van der Waals surface area contributed by atoms with Crippen molar-refractivity contribution in [3.63, 3.8) is 0 Å². The molecule has 0 amide bonds. The summed E-state index contributed by atoms with van der Waals surface area (Å²) >= 11 is 0. The third-order valence-electron chi connectivity index (χ3n) is 2.64. The highest BCUT2D eigenvalue weighted by molar-refractivity contribution is 5.22. The minimum absolute atomic E-state index is 0.210. The van der Waals surface area contributed by atoms with Crippen LogP contribution >= 0.6 is 0 Å². The van der Waals surface area contributed by atoms with Crippen LogP contribution < -0.4 is 5.73 Å². The van der Waals surface area contributed by atoms with E-state index in [1.807, 2.05) is 0 Å². The molecule has 1 aliphatic rings. The van der Waals surface area contributed by atoms with E-state index in [9.17, 15) is 8.78 Å². The minimum Gasteiger partial charge on any atom is -0.343 e. The summed E-state index contributed by atoms with van der Waals surface area (Å²) in [7, 11) is 0. The monoisotopic (exact) mass is 229 g/mol. The van der Waals surface area contributed by atoms with Gasteiger partial charge >= 0.3 is 0 Å². The first kappa shape index (κ1) is 11.4. The molecule has 2 rings (SSSR count). The third-order valence-corrected chi connectivity index (χ3v) is 2.64. The number of benzene rings is 1. The van der Waals surface area contributed by atoms with Crippen LogP contribution in [0.4, 0.5) is 8.78 Å². The summed E-state index contributed by atoms with van der Waals surface area (Å²) in [5, 5.41) is 0. The molecular formula is C11H13F2NO2. The number of rotatable bonds is 2. The van der Waals surface area contributed by atoms with E-state index in [1.165, 1.54) is 6.07 Å². The first-order chi connectivity index (χ1) is 7.55. The molecule has 3 nitrogen and oxygen atoms in total. The van der Waals surface area contributed by atoms with Gasteiger partial charge in [0.1, 0.15) is 0 Å². The lowest BCUT2D eigenvalue weighted by molar-refractivity contribution is -0.160. The van der Waals surface area contributed by atoms with Gasteiger partial charge in [-0.15, -0.1) is 0 Å². The Hall–Kier alpha value is -1.04.